The van der Waals surface area contributed by atoms with Gasteiger partial charge < -0.3 is 19.6 Å². The van der Waals surface area contributed by atoms with Crippen molar-refractivity contribution in [1.29, 1.82) is 0 Å². The third kappa shape index (κ3) is 2.43. The van der Waals surface area contributed by atoms with Crippen molar-refractivity contribution in [1.82, 2.24) is 9.88 Å². The monoisotopic (exact) mass is 277 g/mol. The Morgan fingerprint density at radius 2 is 2.30 bits per heavy atom. The summed E-state index contributed by atoms with van der Waals surface area (Å²) in [7, 11) is 0. The molecule has 0 saturated carbocycles. The number of hydrogen-bond acceptors (Lipinski definition) is 4. The van der Waals surface area contributed by atoms with E-state index in [0.29, 0.717) is 25.6 Å². The summed E-state index contributed by atoms with van der Waals surface area (Å²) < 4.78 is 5.45. The van der Waals surface area contributed by atoms with Crippen LogP contribution in [0.3, 0.4) is 0 Å². The lowest BCUT2D eigenvalue weighted by Gasteiger charge is -2.35. The molecule has 1 atom stereocenters. The maximum absolute atomic E-state index is 11.0. The summed E-state index contributed by atoms with van der Waals surface area (Å²) in [6.07, 6.45) is -0.171. The number of ether oxygens (including phenoxy) is 1. The van der Waals surface area contributed by atoms with Crippen molar-refractivity contribution in [2.24, 2.45) is 0 Å². The van der Waals surface area contributed by atoms with Crippen molar-refractivity contribution >= 4 is 11.9 Å². The average Bonchev–Trinajstić information content (AvgIpc) is 2.46. The standard InChI is InChI=1S/C14H19N3O3/c1-10-9-20-7-6-17(10)13-3-2-11-8-16(14(18)19)5-4-12(11)15-13/h2-3,10H,4-9H2,1H3,(H,18,19)/t10-/m1/s1. The van der Waals surface area contributed by atoms with E-state index in [1.807, 2.05) is 12.1 Å². The Kier molecular flexibility index (Phi) is 3.48. The topological polar surface area (TPSA) is 65.9 Å². The van der Waals surface area contributed by atoms with Crippen molar-refractivity contribution in [3.8, 4) is 0 Å². The second kappa shape index (κ2) is 5.28. The highest BCUT2D eigenvalue weighted by molar-refractivity contribution is 5.65. The molecular formula is C14H19N3O3. The Hall–Kier alpha value is -1.82. The zero-order chi connectivity index (χ0) is 14.1. The summed E-state index contributed by atoms with van der Waals surface area (Å²) in [4.78, 5) is 19.4. The highest BCUT2D eigenvalue weighted by Crippen LogP contribution is 2.23. The number of pyridine rings is 1. The van der Waals surface area contributed by atoms with Gasteiger partial charge in [0.15, 0.2) is 0 Å². The van der Waals surface area contributed by atoms with Gasteiger partial charge in [-0.3, -0.25) is 0 Å². The Morgan fingerprint density at radius 3 is 3.05 bits per heavy atom. The zero-order valence-electron chi connectivity index (χ0n) is 11.6. The molecule has 0 radical (unpaired) electrons. The molecule has 2 aliphatic heterocycles. The second-order valence-corrected chi connectivity index (χ2v) is 5.35. The molecule has 0 bridgehead atoms. The Morgan fingerprint density at radius 1 is 1.45 bits per heavy atom. The van der Waals surface area contributed by atoms with Gasteiger partial charge in [-0.1, -0.05) is 6.07 Å². The van der Waals surface area contributed by atoms with Crippen LogP contribution in [-0.4, -0.2) is 53.4 Å². The molecule has 3 heterocycles. The molecule has 1 fully saturated rings. The lowest BCUT2D eigenvalue weighted by molar-refractivity contribution is 0.0984. The number of carbonyl (C=O) groups is 1. The molecule has 0 unspecified atom stereocenters. The first-order chi connectivity index (χ1) is 9.65. The number of rotatable bonds is 1. The summed E-state index contributed by atoms with van der Waals surface area (Å²) in [6, 6.07) is 4.33. The van der Waals surface area contributed by atoms with E-state index < -0.39 is 6.09 Å². The number of carboxylic acid groups (broad SMARTS) is 1. The van der Waals surface area contributed by atoms with Crippen molar-refractivity contribution in [2.45, 2.75) is 25.9 Å². The molecule has 1 aromatic heterocycles. The van der Waals surface area contributed by atoms with Gasteiger partial charge in [0.1, 0.15) is 5.82 Å². The first kappa shape index (κ1) is 13.2. The molecule has 0 aliphatic carbocycles. The highest BCUT2D eigenvalue weighted by atomic mass is 16.5. The number of hydrogen-bond donors (Lipinski definition) is 1. The van der Waals surface area contributed by atoms with Crippen LogP contribution in [0.4, 0.5) is 10.6 Å². The quantitative estimate of drug-likeness (QED) is 0.839. The van der Waals surface area contributed by atoms with Crippen LogP contribution in [0.2, 0.25) is 0 Å². The Labute approximate surface area is 118 Å². The van der Waals surface area contributed by atoms with Gasteiger partial charge in [-0.25, -0.2) is 9.78 Å². The van der Waals surface area contributed by atoms with Gasteiger partial charge >= 0.3 is 6.09 Å². The van der Waals surface area contributed by atoms with E-state index in [1.54, 1.807) is 0 Å². The molecule has 20 heavy (non-hydrogen) atoms. The van der Waals surface area contributed by atoms with E-state index >= 15 is 0 Å². The molecule has 6 heteroatoms. The molecule has 1 saturated heterocycles. The van der Waals surface area contributed by atoms with Gasteiger partial charge in [0, 0.05) is 25.2 Å². The maximum Gasteiger partial charge on any atom is 0.407 e. The van der Waals surface area contributed by atoms with E-state index in [1.165, 1.54) is 4.90 Å². The van der Waals surface area contributed by atoms with Crippen LogP contribution in [0, 0.1) is 0 Å². The van der Waals surface area contributed by atoms with Gasteiger partial charge in [0.2, 0.25) is 0 Å². The minimum absolute atomic E-state index is 0.327. The minimum Gasteiger partial charge on any atom is -0.465 e. The van der Waals surface area contributed by atoms with Crippen LogP contribution in [0.25, 0.3) is 0 Å². The smallest absolute Gasteiger partial charge is 0.407 e. The van der Waals surface area contributed by atoms with Crippen molar-refractivity contribution in [3.63, 3.8) is 0 Å². The third-order valence-electron chi connectivity index (χ3n) is 3.97. The largest absolute Gasteiger partial charge is 0.465 e. The minimum atomic E-state index is -0.860. The van der Waals surface area contributed by atoms with E-state index in [9.17, 15) is 4.79 Å². The highest BCUT2D eigenvalue weighted by Gasteiger charge is 2.24. The lowest BCUT2D eigenvalue weighted by atomic mass is 10.1. The molecule has 3 rings (SSSR count). The summed E-state index contributed by atoms with van der Waals surface area (Å²) >= 11 is 0. The predicted molar refractivity (Wildman–Crippen MR) is 74.0 cm³/mol. The van der Waals surface area contributed by atoms with Gasteiger partial charge in [0.25, 0.3) is 0 Å². The molecule has 1 amide bonds. The van der Waals surface area contributed by atoms with Gasteiger partial charge in [-0.2, -0.15) is 0 Å². The number of nitrogens with zero attached hydrogens (tertiary/aromatic N) is 3. The van der Waals surface area contributed by atoms with Crippen LogP contribution in [-0.2, 0) is 17.7 Å². The van der Waals surface area contributed by atoms with E-state index in [0.717, 1.165) is 36.8 Å². The van der Waals surface area contributed by atoms with Crippen LogP contribution in [0.1, 0.15) is 18.2 Å². The molecule has 0 aromatic carbocycles. The van der Waals surface area contributed by atoms with E-state index in [-0.39, 0.29) is 0 Å². The Balaban J connectivity index is 1.81. The molecule has 1 aromatic rings. The first-order valence-electron chi connectivity index (χ1n) is 6.96. The molecule has 2 aliphatic rings. The summed E-state index contributed by atoms with van der Waals surface area (Å²) in [5, 5.41) is 9.04. The van der Waals surface area contributed by atoms with Crippen LogP contribution in [0.15, 0.2) is 12.1 Å². The van der Waals surface area contributed by atoms with Crippen LogP contribution >= 0.6 is 0 Å². The molecule has 0 spiro atoms. The number of fused-ring (bicyclic) bond motifs is 1. The molecular weight excluding hydrogens is 258 g/mol. The maximum atomic E-state index is 11.0. The summed E-state index contributed by atoms with van der Waals surface area (Å²) in [5.41, 5.74) is 2.04. The van der Waals surface area contributed by atoms with Gasteiger partial charge in [-0.05, 0) is 18.6 Å². The first-order valence-corrected chi connectivity index (χ1v) is 6.96. The molecule has 108 valence electrons. The lowest BCUT2D eigenvalue weighted by Crippen LogP contribution is -2.44. The van der Waals surface area contributed by atoms with Crippen molar-refractivity contribution in [3.05, 3.63) is 23.4 Å². The van der Waals surface area contributed by atoms with Crippen molar-refractivity contribution in [2.75, 3.05) is 31.2 Å². The van der Waals surface area contributed by atoms with Gasteiger partial charge in [0.05, 0.1) is 25.8 Å². The van der Waals surface area contributed by atoms with E-state index in [2.05, 4.69) is 11.8 Å². The zero-order valence-corrected chi connectivity index (χ0v) is 11.6. The average molecular weight is 277 g/mol. The summed E-state index contributed by atoms with van der Waals surface area (Å²) in [6.45, 7) is 5.41. The van der Waals surface area contributed by atoms with Crippen molar-refractivity contribution < 1.29 is 14.6 Å². The fourth-order valence-electron chi connectivity index (χ4n) is 2.80. The van der Waals surface area contributed by atoms with Gasteiger partial charge in [-0.15, -0.1) is 0 Å². The van der Waals surface area contributed by atoms with Crippen LogP contribution in [0.5, 0.6) is 0 Å². The number of morpholine rings is 1. The molecule has 6 nitrogen and oxygen atoms in total. The Bertz CT molecular complexity index is 520. The number of anilines is 1. The van der Waals surface area contributed by atoms with E-state index in [4.69, 9.17) is 14.8 Å². The fraction of sp³-hybridized carbons (Fsp3) is 0.571. The molecule has 1 N–H and O–H groups in total. The fourth-order valence-corrected chi connectivity index (χ4v) is 2.80. The van der Waals surface area contributed by atoms with Crippen LogP contribution < -0.4 is 4.90 Å². The number of aromatic nitrogens is 1. The predicted octanol–water partition coefficient (Wildman–Crippen LogP) is 1.34. The third-order valence-corrected chi connectivity index (χ3v) is 3.97. The number of amides is 1. The summed E-state index contributed by atoms with van der Waals surface area (Å²) in [5.74, 6) is 0.975. The normalized spacial score (nSPS) is 22.6. The second-order valence-electron chi connectivity index (χ2n) is 5.35. The SMILES string of the molecule is C[C@@H]1COCCN1c1ccc2c(n1)CCN(C(=O)O)C2.